The Labute approximate surface area is 121 Å². The molecule has 3 atom stereocenters. The van der Waals surface area contributed by atoms with E-state index < -0.39 is 5.60 Å². The van der Waals surface area contributed by atoms with E-state index in [1.807, 2.05) is 27.7 Å². The maximum atomic E-state index is 12.3. The molecule has 0 aromatic heterocycles. The Bertz CT molecular complexity index is 361. The van der Waals surface area contributed by atoms with E-state index in [4.69, 9.17) is 4.74 Å². The first-order valence-electron chi connectivity index (χ1n) is 7.36. The molecule has 1 saturated heterocycles. The van der Waals surface area contributed by atoms with Crippen LogP contribution in [0.25, 0.3) is 0 Å². The van der Waals surface area contributed by atoms with Crippen LogP contribution < -0.4 is 10.6 Å². The molecule has 0 bridgehead atoms. The van der Waals surface area contributed by atoms with E-state index in [0.29, 0.717) is 18.8 Å². The van der Waals surface area contributed by atoms with Gasteiger partial charge in [-0.3, -0.25) is 14.9 Å². The molecule has 1 amide bonds. The summed E-state index contributed by atoms with van der Waals surface area (Å²) in [5, 5.41) is 6.15. The minimum Gasteiger partial charge on any atom is -0.459 e. The van der Waals surface area contributed by atoms with Gasteiger partial charge in [-0.15, -0.1) is 0 Å². The predicted molar refractivity (Wildman–Crippen MR) is 78.2 cm³/mol. The molecule has 0 aromatic rings. The van der Waals surface area contributed by atoms with E-state index in [0.717, 1.165) is 0 Å². The van der Waals surface area contributed by atoms with E-state index in [2.05, 4.69) is 24.5 Å². The van der Waals surface area contributed by atoms with Crippen LogP contribution in [0.3, 0.4) is 0 Å². The first-order valence-corrected chi connectivity index (χ1v) is 7.36. The highest BCUT2D eigenvalue weighted by Gasteiger charge is 2.34. The Morgan fingerprint density at radius 2 is 2.05 bits per heavy atom. The number of nitrogens with one attached hydrogen (secondary N) is 2. The van der Waals surface area contributed by atoms with E-state index >= 15 is 0 Å². The molecule has 1 rings (SSSR count). The summed E-state index contributed by atoms with van der Waals surface area (Å²) in [4.78, 5) is 23.7. The summed E-state index contributed by atoms with van der Waals surface area (Å²) >= 11 is 0. The van der Waals surface area contributed by atoms with Gasteiger partial charge >= 0.3 is 5.97 Å². The van der Waals surface area contributed by atoms with Crippen molar-refractivity contribution >= 4 is 11.9 Å². The Morgan fingerprint density at radius 1 is 1.45 bits per heavy atom. The van der Waals surface area contributed by atoms with Crippen LogP contribution in [-0.2, 0) is 14.3 Å². The van der Waals surface area contributed by atoms with Crippen molar-refractivity contribution in [2.24, 2.45) is 5.92 Å². The van der Waals surface area contributed by atoms with E-state index in [-0.39, 0.29) is 30.0 Å². The maximum Gasteiger partial charge on any atom is 0.323 e. The lowest BCUT2D eigenvalue weighted by atomic mass is 10.0. The number of hydrogen-bond acceptors (Lipinski definition) is 4. The van der Waals surface area contributed by atoms with Crippen LogP contribution in [0.5, 0.6) is 0 Å². The zero-order chi connectivity index (χ0) is 15.5. The normalized spacial score (nSPS) is 24.6. The molecule has 5 nitrogen and oxygen atoms in total. The van der Waals surface area contributed by atoms with E-state index in [1.165, 1.54) is 0 Å². The smallest absolute Gasteiger partial charge is 0.323 e. The molecule has 2 N–H and O–H groups in total. The third kappa shape index (κ3) is 5.49. The molecule has 0 radical (unpaired) electrons. The molecule has 0 unspecified atom stereocenters. The molecule has 0 saturated carbocycles. The van der Waals surface area contributed by atoms with Gasteiger partial charge < -0.3 is 10.1 Å². The summed E-state index contributed by atoms with van der Waals surface area (Å²) < 4.78 is 5.47. The van der Waals surface area contributed by atoms with E-state index in [1.54, 1.807) is 0 Å². The maximum absolute atomic E-state index is 12.3. The van der Waals surface area contributed by atoms with Gasteiger partial charge in [-0.2, -0.15) is 0 Å². The Morgan fingerprint density at radius 3 is 2.45 bits per heavy atom. The topological polar surface area (TPSA) is 67.4 Å². The van der Waals surface area contributed by atoms with Crippen molar-refractivity contribution in [3.8, 4) is 0 Å². The highest BCUT2D eigenvalue weighted by Crippen LogP contribution is 2.16. The number of ether oxygens (including phenoxy) is 1. The lowest BCUT2D eigenvalue weighted by Gasteiger charge is -2.28. The van der Waals surface area contributed by atoms with Gasteiger partial charge in [-0.25, -0.2) is 0 Å². The molecule has 20 heavy (non-hydrogen) atoms. The molecule has 0 spiro atoms. The second-order valence-corrected chi connectivity index (χ2v) is 7.05. The highest BCUT2D eigenvalue weighted by atomic mass is 16.6. The highest BCUT2D eigenvalue weighted by molar-refractivity contribution is 5.80. The van der Waals surface area contributed by atoms with Crippen molar-refractivity contribution in [3.63, 3.8) is 0 Å². The van der Waals surface area contributed by atoms with Gasteiger partial charge in [0.05, 0.1) is 0 Å². The van der Waals surface area contributed by atoms with Gasteiger partial charge in [0.1, 0.15) is 11.6 Å². The molecule has 5 heteroatoms. The lowest BCUT2D eigenvalue weighted by Crippen LogP contribution is -2.49. The number of carbonyl (C=O) groups is 2. The Hall–Kier alpha value is -1.10. The van der Waals surface area contributed by atoms with Crippen molar-refractivity contribution in [3.05, 3.63) is 0 Å². The number of esters is 1. The summed E-state index contributed by atoms with van der Waals surface area (Å²) in [5.74, 6) is 0.167. The fourth-order valence-corrected chi connectivity index (χ4v) is 2.33. The monoisotopic (exact) mass is 284 g/mol. The summed E-state index contributed by atoms with van der Waals surface area (Å²) in [5.41, 5.74) is -0.497. The zero-order valence-electron chi connectivity index (χ0n) is 13.4. The molecule has 1 heterocycles. The fraction of sp³-hybridized carbons (Fsp3) is 0.867. The number of carbonyl (C=O) groups excluding carboxylic acids is 2. The van der Waals surface area contributed by atoms with Crippen LogP contribution in [0, 0.1) is 5.92 Å². The molecular formula is C15H28N2O3. The Balaban J connectivity index is 2.69. The quantitative estimate of drug-likeness (QED) is 0.753. The van der Waals surface area contributed by atoms with Crippen molar-refractivity contribution in [2.75, 3.05) is 0 Å². The van der Waals surface area contributed by atoms with Crippen molar-refractivity contribution < 1.29 is 14.3 Å². The predicted octanol–water partition coefficient (Wildman–Crippen LogP) is 1.61. The summed E-state index contributed by atoms with van der Waals surface area (Å²) in [6.07, 6.45) is 1.12. The minimum absolute atomic E-state index is 0.0150. The standard InChI is InChI=1S/C15H28N2O3/c1-9(2)7-12(14(19)20-15(4,5)6)17-11-8-13(18)16-10(11)3/h9-12,17H,7-8H2,1-6H3,(H,16,18)/t10-,11-,12-/m0/s1. The van der Waals surface area contributed by atoms with E-state index in [9.17, 15) is 9.59 Å². The third-order valence-corrected chi connectivity index (χ3v) is 3.21. The van der Waals surface area contributed by atoms with Gasteiger partial charge in [0.2, 0.25) is 5.91 Å². The number of amides is 1. The average molecular weight is 284 g/mol. The van der Waals surface area contributed by atoms with Gasteiger partial charge in [-0.05, 0) is 40.0 Å². The van der Waals surface area contributed by atoms with Gasteiger partial charge in [0.15, 0.2) is 0 Å². The summed E-state index contributed by atoms with van der Waals surface area (Å²) in [7, 11) is 0. The van der Waals surface area contributed by atoms with Crippen LogP contribution in [0.2, 0.25) is 0 Å². The molecule has 0 aromatic carbocycles. The number of rotatable bonds is 5. The molecule has 1 aliphatic heterocycles. The van der Waals surface area contributed by atoms with Crippen LogP contribution in [-0.4, -0.2) is 35.6 Å². The van der Waals surface area contributed by atoms with Crippen LogP contribution in [0.15, 0.2) is 0 Å². The molecule has 1 fully saturated rings. The number of hydrogen-bond donors (Lipinski definition) is 2. The minimum atomic E-state index is -0.497. The van der Waals surface area contributed by atoms with Gasteiger partial charge in [-0.1, -0.05) is 13.8 Å². The largest absolute Gasteiger partial charge is 0.459 e. The fourth-order valence-electron chi connectivity index (χ4n) is 2.33. The van der Waals surface area contributed by atoms with Crippen molar-refractivity contribution in [1.82, 2.24) is 10.6 Å². The lowest BCUT2D eigenvalue weighted by molar-refractivity contribution is -0.158. The Kier molecular flexibility index (Phi) is 5.57. The van der Waals surface area contributed by atoms with Crippen molar-refractivity contribution in [2.45, 2.75) is 78.1 Å². The van der Waals surface area contributed by atoms with Crippen molar-refractivity contribution in [1.29, 1.82) is 0 Å². The summed E-state index contributed by atoms with van der Waals surface area (Å²) in [6, 6.07) is -0.340. The second-order valence-electron chi connectivity index (χ2n) is 7.05. The molecular weight excluding hydrogens is 256 g/mol. The van der Waals surface area contributed by atoms with Crippen LogP contribution in [0.4, 0.5) is 0 Å². The summed E-state index contributed by atoms with van der Waals surface area (Å²) in [6.45, 7) is 11.7. The first-order chi connectivity index (χ1) is 9.08. The van der Waals surface area contributed by atoms with Crippen LogP contribution in [0.1, 0.15) is 54.4 Å². The van der Waals surface area contributed by atoms with Gasteiger partial charge in [0, 0.05) is 18.5 Å². The SMILES string of the molecule is CC(C)C[C@H](N[C@H]1CC(=O)N[C@H]1C)C(=O)OC(C)(C)C. The molecule has 116 valence electrons. The van der Waals surface area contributed by atoms with Crippen LogP contribution >= 0.6 is 0 Å². The molecule has 1 aliphatic rings. The second kappa shape index (κ2) is 6.57. The third-order valence-electron chi connectivity index (χ3n) is 3.21. The molecule has 0 aliphatic carbocycles. The zero-order valence-corrected chi connectivity index (χ0v) is 13.4. The first kappa shape index (κ1) is 17.0. The van der Waals surface area contributed by atoms with Gasteiger partial charge in [0.25, 0.3) is 0 Å². The average Bonchev–Trinajstić information content (AvgIpc) is 2.53.